The van der Waals surface area contributed by atoms with E-state index in [-0.39, 0.29) is 0 Å². The van der Waals surface area contributed by atoms with Crippen LogP contribution in [0.3, 0.4) is 0 Å². The van der Waals surface area contributed by atoms with Crippen molar-refractivity contribution < 1.29 is 5.21 Å². The molecule has 1 aromatic heterocycles. The predicted molar refractivity (Wildman–Crippen MR) is 66.3 cm³/mol. The number of hydrogen-bond donors (Lipinski definition) is 1. The van der Waals surface area contributed by atoms with Gasteiger partial charge in [-0.25, -0.2) is 4.98 Å². The standard InChI is InChI=1S/C13H15N3O/c1-13(2,16-9-8-14-10-16)12(15-17)11-6-4-3-5-7-11/h3-10,17H,1-2H3/b15-12+. The minimum absolute atomic E-state index is 0.452. The van der Waals surface area contributed by atoms with E-state index in [2.05, 4.69) is 10.1 Å². The van der Waals surface area contributed by atoms with Gasteiger partial charge in [0.15, 0.2) is 0 Å². The largest absolute Gasteiger partial charge is 0.411 e. The quantitative estimate of drug-likeness (QED) is 0.499. The summed E-state index contributed by atoms with van der Waals surface area (Å²) in [4.78, 5) is 4.03. The molecule has 0 aliphatic carbocycles. The minimum Gasteiger partial charge on any atom is -0.411 e. The van der Waals surface area contributed by atoms with Crippen LogP contribution >= 0.6 is 0 Å². The van der Waals surface area contributed by atoms with E-state index in [1.807, 2.05) is 54.9 Å². The van der Waals surface area contributed by atoms with Gasteiger partial charge in [-0.05, 0) is 13.8 Å². The summed E-state index contributed by atoms with van der Waals surface area (Å²) >= 11 is 0. The Bertz CT molecular complexity index is 501. The van der Waals surface area contributed by atoms with E-state index in [0.29, 0.717) is 5.71 Å². The Kier molecular flexibility index (Phi) is 2.95. The molecular formula is C13H15N3O. The number of hydrogen-bond acceptors (Lipinski definition) is 3. The molecule has 0 atom stereocenters. The van der Waals surface area contributed by atoms with Gasteiger partial charge in [-0.3, -0.25) is 0 Å². The maximum absolute atomic E-state index is 9.27. The summed E-state index contributed by atoms with van der Waals surface area (Å²) in [5, 5.41) is 12.7. The Balaban J connectivity index is 2.45. The molecule has 1 aromatic carbocycles. The number of imidazole rings is 1. The Morgan fingerprint density at radius 3 is 2.53 bits per heavy atom. The van der Waals surface area contributed by atoms with Crippen molar-refractivity contribution in [1.82, 2.24) is 9.55 Å². The van der Waals surface area contributed by atoms with Gasteiger partial charge in [0.2, 0.25) is 0 Å². The summed E-state index contributed by atoms with van der Waals surface area (Å²) < 4.78 is 1.91. The second-order valence-electron chi connectivity index (χ2n) is 4.34. The average molecular weight is 229 g/mol. The minimum atomic E-state index is -0.452. The molecule has 1 N–H and O–H groups in total. The second-order valence-corrected chi connectivity index (χ2v) is 4.34. The van der Waals surface area contributed by atoms with E-state index >= 15 is 0 Å². The van der Waals surface area contributed by atoms with Gasteiger partial charge in [-0.1, -0.05) is 35.5 Å². The zero-order chi connectivity index (χ0) is 12.3. The molecule has 2 aromatic rings. The Hall–Kier alpha value is -2.10. The molecule has 0 amide bonds. The maximum atomic E-state index is 9.27. The van der Waals surface area contributed by atoms with E-state index in [4.69, 9.17) is 0 Å². The molecule has 0 unspecified atom stereocenters. The van der Waals surface area contributed by atoms with E-state index in [1.54, 1.807) is 12.5 Å². The smallest absolute Gasteiger partial charge is 0.112 e. The van der Waals surface area contributed by atoms with E-state index < -0.39 is 5.54 Å². The number of rotatable bonds is 3. The zero-order valence-corrected chi connectivity index (χ0v) is 9.91. The number of nitrogens with zero attached hydrogens (tertiary/aromatic N) is 3. The molecule has 4 heteroatoms. The Labute approximate surface area is 100 Å². The van der Waals surface area contributed by atoms with Gasteiger partial charge in [0.05, 0.1) is 11.9 Å². The van der Waals surface area contributed by atoms with E-state index in [0.717, 1.165) is 5.56 Å². The Morgan fingerprint density at radius 2 is 2.00 bits per heavy atom. The molecule has 0 radical (unpaired) electrons. The van der Waals surface area contributed by atoms with Crippen LogP contribution in [0, 0.1) is 0 Å². The summed E-state index contributed by atoms with van der Waals surface area (Å²) in [6.45, 7) is 3.97. The molecule has 4 nitrogen and oxygen atoms in total. The van der Waals surface area contributed by atoms with Crippen LogP contribution in [0.4, 0.5) is 0 Å². The third-order valence-corrected chi connectivity index (χ3v) is 2.88. The van der Waals surface area contributed by atoms with Gasteiger partial charge in [-0.2, -0.15) is 0 Å². The van der Waals surface area contributed by atoms with Gasteiger partial charge >= 0.3 is 0 Å². The average Bonchev–Trinajstić information content (AvgIpc) is 2.85. The first-order valence-corrected chi connectivity index (χ1v) is 5.42. The van der Waals surface area contributed by atoms with Gasteiger partial charge < -0.3 is 9.77 Å². The van der Waals surface area contributed by atoms with Crippen LogP contribution in [0.1, 0.15) is 19.4 Å². The van der Waals surface area contributed by atoms with Crippen molar-refractivity contribution in [3.8, 4) is 0 Å². The summed E-state index contributed by atoms with van der Waals surface area (Å²) in [5.74, 6) is 0. The number of oxime groups is 1. The first kappa shape index (κ1) is 11.4. The number of aromatic nitrogens is 2. The van der Waals surface area contributed by atoms with Gasteiger partial charge in [0, 0.05) is 18.0 Å². The molecule has 1 heterocycles. The molecule has 2 rings (SSSR count). The molecular weight excluding hydrogens is 214 g/mol. The summed E-state index contributed by atoms with van der Waals surface area (Å²) in [5.41, 5.74) is 1.05. The molecule has 0 aliphatic rings. The lowest BCUT2D eigenvalue weighted by Crippen LogP contribution is -2.35. The van der Waals surface area contributed by atoms with Crippen molar-refractivity contribution in [3.63, 3.8) is 0 Å². The Morgan fingerprint density at radius 1 is 1.29 bits per heavy atom. The van der Waals surface area contributed by atoms with Crippen molar-refractivity contribution in [2.75, 3.05) is 0 Å². The lowest BCUT2D eigenvalue weighted by atomic mass is 9.92. The fourth-order valence-corrected chi connectivity index (χ4v) is 1.84. The fraction of sp³-hybridized carbons (Fsp3) is 0.231. The zero-order valence-electron chi connectivity index (χ0n) is 9.91. The van der Waals surface area contributed by atoms with Crippen molar-refractivity contribution >= 4 is 5.71 Å². The van der Waals surface area contributed by atoms with Crippen LogP contribution in [-0.4, -0.2) is 20.5 Å². The topological polar surface area (TPSA) is 50.4 Å². The molecule has 0 aliphatic heterocycles. The molecule has 17 heavy (non-hydrogen) atoms. The SMILES string of the molecule is CC(C)(/C(=N/O)c1ccccc1)n1ccnc1. The number of benzene rings is 1. The third kappa shape index (κ3) is 2.06. The van der Waals surface area contributed by atoms with Crippen molar-refractivity contribution in [1.29, 1.82) is 0 Å². The van der Waals surface area contributed by atoms with Crippen molar-refractivity contribution in [2.45, 2.75) is 19.4 Å². The first-order chi connectivity index (χ1) is 8.16. The lowest BCUT2D eigenvalue weighted by Gasteiger charge is -2.27. The molecule has 0 saturated carbocycles. The second kappa shape index (κ2) is 4.41. The first-order valence-electron chi connectivity index (χ1n) is 5.42. The lowest BCUT2D eigenvalue weighted by molar-refractivity contribution is 0.309. The predicted octanol–water partition coefficient (Wildman–Crippen LogP) is 2.50. The summed E-state index contributed by atoms with van der Waals surface area (Å²) in [7, 11) is 0. The van der Waals surface area contributed by atoms with E-state index in [9.17, 15) is 5.21 Å². The maximum Gasteiger partial charge on any atom is 0.112 e. The van der Waals surface area contributed by atoms with Crippen molar-refractivity contribution in [3.05, 3.63) is 54.6 Å². The highest BCUT2D eigenvalue weighted by Gasteiger charge is 2.28. The molecule has 0 saturated heterocycles. The highest BCUT2D eigenvalue weighted by atomic mass is 16.4. The fourth-order valence-electron chi connectivity index (χ4n) is 1.84. The van der Waals surface area contributed by atoms with Crippen LogP contribution in [0.25, 0.3) is 0 Å². The molecule has 0 spiro atoms. The van der Waals surface area contributed by atoms with Gasteiger partial charge in [-0.15, -0.1) is 0 Å². The van der Waals surface area contributed by atoms with Crippen molar-refractivity contribution in [2.24, 2.45) is 5.16 Å². The van der Waals surface area contributed by atoms with Crippen LogP contribution in [0.5, 0.6) is 0 Å². The van der Waals surface area contributed by atoms with Crippen LogP contribution in [-0.2, 0) is 5.54 Å². The highest BCUT2D eigenvalue weighted by molar-refractivity contribution is 6.05. The highest BCUT2D eigenvalue weighted by Crippen LogP contribution is 2.21. The third-order valence-electron chi connectivity index (χ3n) is 2.88. The summed E-state index contributed by atoms with van der Waals surface area (Å²) in [6, 6.07) is 9.62. The normalized spacial score (nSPS) is 12.7. The molecule has 0 fully saturated rings. The monoisotopic (exact) mass is 229 g/mol. The van der Waals surface area contributed by atoms with Crippen LogP contribution in [0.15, 0.2) is 54.2 Å². The molecule has 0 bridgehead atoms. The molecule has 88 valence electrons. The summed E-state index contributed by atoms with van der Waals surface area (Å²) in [6.07, 6.45) is 5.28. The van der Waals surface area contributed by atoms with Gasteiger partial charge in [0.1, 0.15) is 5.71 Å². The van der Waals surface area contributed by atoms with E-state index in [1.165, 1.54) is 0 Å². The van der Waals surface area contributed by atoms with Crippen LogP contribution < -0.4 is 0 Å². The van der Waals surface area contributed by atoms with Gasteiger partial charge in [0.25, 0.3) is 0 Å². The van der Waals surface area contributed by atoms with Crippen LogP contribution in [0.2, 0.25) is 0 Å².